The van der Waals surface area contributed by atoms with Crippen molar-refractivity contribution in [2.24, 2.45) is 0 Å². The maximum Gasteiger partial charge on any atom is 0.335 e. The molecular weight excluding hydrogens is 318 g/mol. The summed E-state index contributed by atoms with van der Waals surface area (Å²) in [5.41, 5.74) is 2.91. The van der Waals surface area contributed by atoms with Gasteiger partial charge in [0, 0.05) is 25.4 Å². The number of fused-ring (bicyclic) bond motifs is 2. The fourth-order valence-electron chi connectivity index (χ4n) is 3.29. The number of hydrogen-bond donors (Lipinski definition) is 1. The van der Waals surface area contributed by atoms with Crippen LogP contribution in [0.15, 0.2) is 53.5 Å². The van der Waals surface area contributed by atoms with E-state index < -0.39 is 5.97 Å². The van der Waals surface area contributed by atoms with E-state index in [9.17, 15) is 14.7 Å². The van der Waals surface area contributed by atoms with Crippen molar-refractivity contribution in [3.63, 3.8) is 0 Å². The molecule has 1 N–H and O–H groups in total. The second-order valence-electron chi connectivity index (χ2n) is 6.20. The van der Waals surface area contributed by atoms with Crippen molar-refractivity contribution in [1.82, 2.24) is 9.38 Å². The van der Waals surface area contributed by atoms with Crippen molar-refractivity contribution >= 4 is 17.4 Å². The summed E-state index contributed by atoms with van der Waals surface area (Å²) in [6.45, 7) is 1.32. The Bertz CT molecular complexity index is 1030. The molecule has 0 unspecified atom stereocenters. The summed E-state index contributed by atoms with van der Waals surface area (Å²) in [6, 6.07) is 12.3. The Morgan fingerprint density at radius 3 is 2.84 bits per heavy atom. The van der Waals surface area contributed by atoms with Crippen molar-refractivity contribution < 1.29 is 9.90 Å². The molecule has 0 amide bonds. The van der Waals surface area contributed by atoms with Gasteiger partial charge in [0.15, 0.2) is 0 Å². The first-order valence-electron chi connectivity index (χ1n) is 8.20. The van der Waals surface area contributed by atoms with Crippen molar-refractivity contribution in [2.45, 2.75) is 19.4 Å². The fraction of sp³-hybridized carbons (Fsp3) is 0.211. The predicted octanol–water partition coefficient (Wildman–Crippen LogP) is 2.35. The van der Waals surface area contributed by atoms with E-state index in [-0.39, 0.29) is 11.1 Å². The number of carboxylic acids is 1. The molecule has 0 saturated carbocycles. The molecule has 0 radical (unpaired) electrons. The Kier molecular flexibility index (Phi) is 3.72. The van der Waals surface area contributed by atoms with Gasteiger partial charge in [0.05, 0.1) is 5.56 Å². The van der Waals surface area contributed by atoms with Crippen LogP contribution in [0.5, 0.6) is 0 Å². The number of aryl methyl sites for hydroxylation is 1. The van der Waals surface area contributed by atoms with Gasteiger partial charge in [-0.1, -0.05) is 12.1 Å². The monoisotopic (exact) mass is 335 g/mol. The van der Waals surface area contributed by atoms with Gasteiger partial charge < -0.3 is 10.0 Å². The Hall–Kier alpha value is -3.15. The second-order valence-corrected chi connectivity index (χ2v) is 6.20. The van der Waals surface area contributed by atoms with Gasteiger partial charge in [-0.3, -0.25) is 9.20 Å². The van der Waals surface area contributed by atoms with Crippen LogP contribution in [0.25, 0.3) is 5.65 Å². The topological polar surface area (TPSA) is 74.9 Å². The number of benzene rings is 1. The highest BCUT2D eigenvalue weighted by molar-refractivity contribution is 5.88. The van der Waals surface area contributed by atoms with Crippen LogP contribution in [-0.2, 0) is 13.0 Å². The smallest absolute Gasteiger partial charge is 0.335 e. The van der Waals surface area contributed by atoms with Crippen LogP contribution in [0, 0.1) is 0 Å². The number of aromatic nitrogens is 2. The van der Waals surface area contributed by atoms with E-state index in [1.807, 2.05) is 17.0 Å². The first kappa shape index (κ1) is 15.4. The van der Waals surface area contributed by atoms with Crippen molar-refractivity contribution in [3.8, 4) is 0 Å². The van der Waals surface area contributed by atoms with Crippen LogP contribution in [0.3, 0.4) is 0 Å². The first-order valence-corrected chi connectivity index (χ1v) is 8.20. The van der Waals surface area contributed by atoms with Crippen molar-refractivity contribution in [1.29, 1.82) is 0 Å². The number of rotatable bonds is 2. The van der Waals surface area contributed by atoms with Crippen LogP contribution in [0.2, 0.25) is 0 Å². The van der Waals surface area contributed by atoms with Gasteiger partial charge >= 0.3 is 5.97 Å². The average Bonchev–Trinajstić information content (AvgIpc) is 2.83. The van der Waals surface area contributed by atoms with E-state index in [4.69, 9.17) is 0 Å². The highest BCUT2D eigenvalue weighted by Gasteiger charge is 2.18. The van der Waals surface area contributed by atoms with Gasteiger partial charge in [0.2, 0.25) is 0 Å². The van der Waals surface area contributed by atoms with Gasteiger partial charge in [0.25, 0.3) is 5.56 Å². The highest BCUT2D eigenvalue weighted by Crippen LogP contribution is 2.23. The molecule has 4 rings (SSSR count). The van der Waals surface area contributed by atoms with Gasteiger partial charge in [-0.05, 0) is 48.2 Å². The number of nitrogens with zero attached hydrogens (tertiary/aromatic N) is 3. The predicted molar refractivity (Wildman–Crippen MR) is 94.2 cm³/mol. The molecule has 6 nitrogen and oxygen atoms in total. The fourth-order valence-corrected chi connectivity index (χ4v) is 3.29. The van der Waals surface area contributed by atoms with Crippen LogP contribution >= 0.6 is 0 Å². The lowest BCUT2D eigenvalue weighted by Crippen LogP contribution is -2.26. The van der Waals surface area contributed by atoms with Crippen LogP contribution in [-0.4, -0.2) is 27.0 Å². The van der Waals surface area contributed by atoms with Gasteiger partial charge in [0.1, 0.15) is 11.5 Å². The number of anilines is 1. The van der Waals surface area contributed by atoms with Crippen molar-refractivity contribution in [2.75, 3.05) is 11.4 Å². The van der Waals surface area contributed by atoms with E-state index >= 15 is 0 Å². The standard InChI is InChI=1S/C19H17N3O3/c23-18-11-17(20-16-5-1-2-9-22(16)18)21-8-3-4-13-6-7-14(19(24)25)10-15(13)12-21/h1-2,5-7,9-11H,3-4,8,12H2,(H,24,25). The van der Waals surface area contributed by atoms with Gasteiger partial charge in [-0.25, -0.2) is 9.78 Å². The minimum Gasteiger partial charge on any atom is -0.478 e. The Balaban J connectivity index is 1.75. The lowest BCUT2D eigenvalue weighted by atomic mass is 10.0. The highest BCUT2D eigenvalue weighted by atomic mass is 16.4. The SMILES string of the molecule is O=C(O)c1ccc2c(c1)CN(c1cc(=O)n3ccccc3n1)CCC2. The zero-order valence-corrected chi connectivity index (χ0v) is 13.6. The lowest BCUT2D eigenvalue weighted by Gasteiger charge is -2.22. The number of carbonyl (C=O) groups is 1. The maximum atomic E-state index is 12.3. The summed E-state index contributed by atoms with van der Waals surface area (Å²) in [5, 5.41) is 9.22. The molecule has 1 aliphatic rings. The zero-order valence-electron chi connectivity index (χ0n) is 13.6. The Morgan fingerprint density at radius 2 is 2.00 bits per heavy atom. The molecule has 25 heavy (non-hydrogen) atoms. The summed E-state index contributed by atoms with van der Waals surface area (Å²) in [6.07, 6.45) is 3.51. The summed E-state index contributed by atoms with van der Waals surface area (Å²) in [7, 11) is 0. The molecule has 0 bridgehead atoms. The van der Waals surface area contributed by atoms with Crippen LogP contribution in [0.1, 0.15) is 27.9 Å². The minimum atomic E-state index is -0.930. The number of carboxylic acid groups (broad SMARTS) is 1. The number of aromatic carboxylic acids is 1. The van der Waals surface area contributed by atoms with Gasteiger partial charge in [-0.15, -0.1) is 0 Å². The molecule has 0 saturated heterocycles. The summed E-state index contributed by atoms with van der Waals surface area (Å²) >= 11 is 0. The molecule has 0 fully saturated rings. The number of hydrogen-bond acceptors (Lipinski definition) is 4. The van der Waals surface area contributed by atoms with Crippen molar-refractivity contribution in [3.05, 3.63) is 75.7 Å². The normalized spacial score (nSPS) is 14.2. The van der Waals surface area contributed by atoms with Gasteiger partial charge in [-0.2, -0.15) is 0 Å². The Morgan fingerprint density at radius 1 is 1.12 bits per heavy atom. The third kappa shape index (κ3) is 2.87. The minimum absolute atomic E-state index is 0.121. The van der Waals surface area contributed by atoms with E-state index in [2.05, 4.69) is 4.98 Å². The molecular formula is C19H17N3O3. The molecule has 0 atom stereocenters. The quantitative estimate of drug-likeness (QED) is 0.778. The molecule has 3 aromatic rings. The molecule has 126 valence electrons. The van der Waals surface area contributed by atoms with Crippen LogP contribution < -0.4 is 10.5 Å². The molecule has 0 spiro atoms. The van der Waals surface area contributed by atoms with E-state index in [0.29, 0.717) is 18.0 Å². The zero-order chi connectivity index (χ0) is 17.4. The third-order valence-electron chi connectivity index (χ3n) is 4.57. The molecule has 6 heteroatoms. The molecule has 1 aliphatic heterocycles. The lowest BCUT2D eigenvalue weighted by molar-refractivity contribution is 0.0696. The third-order valence-corrected chi connectivity index (χ3v) is 4.57. The van der Waals surface area contributed by atoms with E-state index in [1.54, 1.807) is 36.5 Å². The summed E-state index contributed by atoms with van der Waals surface area (Å²) < 4.78 is 1.51. The first-order chi connectivity index (χ1) is 12.1. The van der Waals surface area contributed by atoms with E-state index in [1.165, 1.54) is 4.40 Å². The number of pyridine rings is 1. The van der Waals surface area contributed by atoms with E-state index in [0.717, 1.165) is 30.5 Å². The molecule has 0 aliphatic carbocycles. The molecule has 2 aromatic heterocycles. The van der Waals surface area contributed by atoms with Crippen LogP contribution in [0.4, 0.5) is 5.82 Å². The summed E-state index contributed by atoms with van der Waals surface area (Å²) in [4.78, 5) is 30.2. The Labute approximate surface area is 144 Å². The summed E-state index contributed by atoms with van der Waals surface area (Å²) in [5.74, 6) is -0.301. The average molecular weight is 335 g/mol. The maximum absolute atomic E-state index is 12.3. The second kappa shape index (κ2) is 6.05. The largest absolute Gasteiger partial charge is 0.478 e. The molecule has 3 heterocycles. The molecule has 1 aromatic carbocycles.